The van der Waals surface area contributed by atoms with Crippen LogP contribution in [0.5, 0.6) is 5.75 Å². The molecule has 1 saturated heterocycles. The van der Waals surface area contributed by atoms with E-state index in [4.69, 9.17) is 16.3 Å². The molecule has 0 spiro atoms. The number of nitrogens with one attached hydrogen (secondary N) is 1. The first-order valence-electron chi connectivity index (χ1n) is 14.9. The van der Waals surface area contributed by atoms with E-state index in [1.807, 2.05) is 47.3 Å². The number of hydrogen-bond acceptors (Lipinski definition) is 8. The Balaban J connectivity index is 1.11. The third-order valence-corrected chi connectivity index (χ3v) is 8.46. The molecule has 0 aliphatic carbocycles. The van der Waals surface area contributed by atoms with Crippen molar-refractivity contribution in [3.8, 4) is 16.9 Å². The Labute approximate surface area is 265 Å². The number of anilines is 2. The molecule has 1 aliphatic rings. The van der Waals surface area contributed by atoms with Crippen molar-refractivity contribution in [2.75, 3.05) is 31.6 Å². The van der Waals surface area contributed by atoms with E-state index in [1.165, 1.54) is 18.5 Å². The van der Waals surface area contributed by atoms with Crippen LogP contribution >= 0.6 is 11.6 Å². The smallest absolute Gasteiger partial charge is 0.141 e. The number of fused-ring (bicyclic) bond motifs is 1. The van der Waals surface area contributed by atoms with E-state index in [1.54, 1.807) is 24.3 Å². The van der Waals surface area contributed by atoms with Crippen LogP contribution in [0.4, 0.5) is 15.9 Å². The zero-order chi connectivity index (χ0) is 31.4. The van der Waals surface area contributed by atoms with Crippen molar-refractivity contribution in [1.82, 2.24) is 19.4 Å². The maximum absolute atomic E-state index is 13.5. The van der Waals surface area contributed by atoms with E-state index < -0.39 is 11.7 Å². The number of rotatable bonds is 11. The molecule has 3 heterocycles. The Kier molecular flexibility index (Phi) is 9.29. The molecule has 234 valence electrons. The van der Waals surface area contributed by atoms with Crippen LogP contribution in [0, 0.1) is 5.82 Å². The van der Waals surface area contributed by atoms with Gasteiger partial charge in [0.25, 0.3) is 0 Å². The molecule has 5 aromatic rings. The fraction of sp³-hybridized carbons (Fsp3) is 0.294. The monoisotopic (exact) mass is 631 g/mol. The Morgan fingerprint density at radius 2 is 1.84 bits per heavy atom. The lowest BCUT2D eigenvalue weighted by molar-refractivity contribution is -0.0647. The van der Waals surface area contributed by atoms with Gasteiger partial charge in [-0.15, -0.1) is 0 Å². The molecule has 4 N–H and O–H groups in total. The lowest BCUT2D eigenvalue weighted by Crippen LogP contribution is -2.48. The molecule has 9 nitrogen and oxygen atoms in total. The van der Waals surface area contributed by atoms with Crippen molar-refractivity contribution in [2.24, 2.45) is 0 Å². The van der Waals surface area contributed by atoms with Gasteiger partial charge in [-0.3, -0.25) is 0 Å². The molecule has 11 heteroatoms. The average Bonchev–Trinajstić information content (AvgIpc) is 3.50. The zero-order valence-electron chi connectivity index (χ0n) is 24.6. The molecule has 1 fully saturated rings. The van der Waals surface area contributed by atoms with Gasteiger partial charge in [-0.1, -0.05) is 29.8 Å². The van der Waals surface area contributed by atoms with Crippen LogP contribution in [-0.4, -0.2) is 72.7 Å². The highest BCUT2D eigenvalue weighted by molar-refractivity contribution is 6.32. The molecule has 45 heavy (non-hydrogen) atoms. The SMILES string of the molecule is OCC1(O)CCN(C[C@@H](O)Cn2ccc(-c3ccc4ncnc(Nc5ccc(OCc6cccc(F)c6)c(Cl)c5)c4c3)c2)CC1. The number of halogens is 2. The van der Waals surface area contributed by atoms with Gasteiger partial charge in [0, 0.05) is 49.6 Å². The molecule has 0 radical (unpaired) electrons. The normalized spacial score (nSPS) is 15.7. The summed E-state index contributed by atoms with van der Waals surface area (Å²) >= 11 is 6.51. The second kappa shape index (κ2) is 13.5. The number of benzene rings is 3. The van der Waals surface area contributed by atoms with Crippen molar-refractivity contribution in [3.63, 3.8) is 0 Å². The molecule has 1 aliphatic heterocycles. The van der Waals surface area contributed by atoms with Gasteiger partial charge >= 0.3 is 0 Å². The van der Waals surface area contributed by atoms with Crippen molar-refractivity contribution in [1.29, 1.82) is 0 Å². The molecule has 0 amide bonds. The van der Waals surface area contributed by atoms with Crippen LogP contribution in [0.25, 0.3) is 22.0 Å². The highest BCUT2D eigenvalue weighted by Gasteiger charge is 2.32. The third kappa shape index (κ3) is 7.61. The molecule has 2 aromatic heterocycles. The lowest BCUT2D eigenvalue weighted by atomic mass is 9.92. The van der Waals surface area contributed by atoms with Gasteiger partial charge in [0.05, 0.1) is 28.9 Å². The van der Waals surface area contributed by atoms with Crippen molar-refractivity contribution >= 4 is 34.0 Å². The number of β-amino-alcohol motifs (C(OH)–C–C–N with tert-alkyl or cyclic N) is 1. The zero-order valence-corrected chi connectivity index (χ0v) is 25.4. The summed E-state index contributed by atoms with van der Waals surface area (Å²) in [6.45, 7) is 2.18. The average molecular weight is 632 g/mol. The molecule has 1 atom stereocenters. The van der Waals surface area contributed by atoms with E-state index in [9.17, 15) is 19.7 Å². The van der Waals surface area contributed by atoms with Crippen LogP contribution in [0.1, 0.15) is 18.4 Å². The summed E-state index contributed by atoms with van der Waals surface area (Å²) in [7, 11) is 0. The Hall–Kier alpha value is -4.06. The maximum atomic E-state index is 13.5. The van der Waals surface area contributed by atoms with Crippen molar-refractivity contribution in [2.45, 2.75) is 37.7 Å². The maximum Gasteiger partial charge on any atom is 0.141 e. The Morgan fingerprint density at radius 1 is 1.00 bits per heavy atom. The number of aromatic nitrogens is 3. The van der Waals surface area contributed by atoms with Gasteiger partial charge in [-0.25, -0.2) is 14.4 Å². The van der Waals surface area contributed by atoms with Gasteiger partial charge in [0.15, 0.2) is 0 Å². The Morgan fingerprint density at radius 3 is 2.62 bits per heavy atom. The molecule has 0 bridgehead atoms. The van der Waals surface area contributed by atoms with E-state index >= 15 is 0 Å². The van der Waals surface area contributed by atoms with Crippen LogP contribution in [0.2, 0.25) is 5.02 Å². The summed E-state index contributed by atoms with van der Waals surface area (Å²) in [5, 5.41) is 34.9. The predicted octanol–water partition coefficient (Wildman–Crippen LogP) is 5.39. The molecule has 6 rings (SSSR count). The van der Waals surface area contributed by atoms with Crippen LogP contribution < -0.4 is 10.1 Å². The summed E-state index contributed by atoms with van der Waals surface area (Å²) in [6, 6.07) is 19.6. The minimum absolute atomic E-state index is 0.194. The van der Waals surface area contributed by atoms with Crippen molar-refractivity contribution in [3.05, 3.63) is 102 Å². The first kappa shape index (κ1) is 30.9. The van der Waals surface area contributed by atoms with Crippen LogP contribution in [0.3, 0.4) is 0 Å². The largest absolute Gasteiger partial charge is 0.487 e. The van der Waals surface area contributed by atoms with E-state index in [0.717, 1.165) is 27.7 Å². The number of piperidine rings is 1. The fourth-order valence-corrected chi connectivity index (χ4v) is 5.83. The number of ether oxygens (including phenoxy) is 1. The van der Waals surface area contributed by atoms with Crippen molar-refractivity contribution < 1.29 is 24.4 Å². The fourth-order valence-electron chi connectivity index (χ4n) is 5.59. The number of aliphatic hydroxyl groups excluding tert-OH is 2. The summed E-state index contributed by atoms with van der Waals surface area (Å²) < 4.78 is 21.3. The molecule has 3 aromatic carbocycles. The third-order valence-electron chi connectivity index (χ3n) is 8.17. The van der Waals surface area contributed by atoms with Gasteiger partial charge in [0.1, 0.15) is 30.3 Å². The predicted molar refractivity (Wildman–Crippen MR) is 172 cm³/mol. The summed E-state index contributed by atoms with van der Waals surface area (Å²) in [6.07, 6.45) is 5.88. The summed E-state index contributed by atoms with van der Waals surface area (Å²) in [5.74, 6) is 0.791. The van der Waals surface area contributed by atoms with Gasteiger partial charge < -0.3 is 34.8 Å². The van der Waals surface area contributed by atoms with Crippen LogP contribution in [0.15, 0.2) is 85.5 Å². The van der Waals surface area contributed by atoms with Gasteiger partial charge in [-0.05, 0) is 78.1 Å². The lowest BCUT2D eigenvalue weighted by Gasteiger charge is -2.37. The molecule has 0 saturated carbocycles. The van der Waals surface area contributed by atoms with Crippen LogP contribution in [-0.2, 0) is 13.2 Å². The summed E-state index contributed by atoms with van der Waals surface area (Å²) in [5.41, 5.74) is 3.18. The van der Waals surface area contributed by atoms with E-state index in [2.05, 4.69) is 20.2 Å². The standard InChI is InChI=1S/C34H35ClFN5O4/c35-30-16-27(5-7-32(30)45-20-23-2-1-3-26(36)14-23)39-33-29-15-24(4-6-31(29)37-22-38-33)25-8-11-41(17-25)19-28(43)18-40-12-9-34(44,21-42)10-13-40/h1-8,11,14-17,22,28,42-44H,9-10,12-13,18-21H2,(H,37,38,39)/t28-/m1/s1. The number of hydrogen-bond donors (Lipinski definition) is 4. The minimum Gasteiger partial charge on any atom is -0.487 e. The number of aliphatic hydroxyl groups is 3. The first-order chi connectivity index (χ1) is 21.8. The molecular formula is C34H35ClFN5O4. The van der Waals surface area contributed by atoms with Gasteiger partial charge in [-0.2, -0.15) is 0 Å². The molecule has 0 unspecified atom stereocenters. The number of nitrogens with zero attached hydrogens (tertiary/aromatic N) is 4. The van der Waals surface area contributed by atoms with E-state index in [0.29, 0.717) is 61.2 Å². The van der Waals surface area contributed by atoms with E-state index in [-0.39, 0.29) is 19.0 Å². The second-order valence-electron chi connectivity index (χ2n) is 11.6. The van der Waals surface area contributed by atoms with Gasteiger partial charge in [0.2, 0.25) is 0 Å². The highest BCUT2D eigenvalue weighted by atomic mass is 35.5. The summed E-state index contributed by atoms with van der Waals surface area (Å²) in [4.78, 5) is 11.0. The quantitative estimate of drug-likeness (QED) is 0.153. The first-order valence-corrected chi connectivity index (χ1v) is 15.2. The topological polar surface area (TPSA) is 116 Å². The second-order valence-corrected chi connectivity index (χ2v) is 12.0. The Bertz CT molecular complexity index is 1780. The number of likely N-dealkylation sites (tertiary alicyclic amines) is 1. The molecular weight excluding hydrogens is 597 g/mol. The highest BCUT2D eigenvalue weighted by Crippen LogP contribution is 2.32. The minimum atomic E-state index is -1.00.